The zero-order chi connectivity index (χ0) is 76.5. The smallest absolute Gasteiger partial charge is 0.462 e. The van der Waals surface area contributed by atoms with Crippen molar-refractivity contribution in [3.05, 3.63) is 0 Å². The predicted octanol–water partition coefficient (Wildman–Crippen LogP) is 25.7. The molecule has 0 bridgehead atoms. The molecule has 0 saturated carbocycles. The second-order valence-corrected chi connectivity index (χ2v) is 34.4. The lowest BCUT2D eigenvalue weighted by Gasteiger charge is -2.21. The van der Waals surface area contributed by atoms with E-state index in [-0.39, 0.29) is 25.7 Å². The first-order chi connectivity index (χ1) is 50.3. The molecule has 104 heavy (non-hydrogen) atoms. The van der Waals surface area contributed by atoms with Crippen molar-refractivity contribution in [1.82, 2.24) is 0 Å². The lowest BCUT2D eigenvalue weighted by Crippen LogP contribution is -2.30. The molecule has 0 rings (SSSR count). The van der Waals surface area contributed by atoms with Crippen LogP contribution in [-0.2, 0) is 65.4 Å². The fourth-order valence-corrected chi connectivity index (χ4v) is 14.7. The Labute approximate surface area is 638 Å². The molecule has 17 nitrogen and oxygen atoms in total. The van der Waals surface area contributed by atoms with Crippen LogP contribution in [0.1, 0.15) is 447 Å². The molecule has 0 heterocycles. The Morgan fingerprint density at radius 1 is 0.279 bits per heavy atom. The van der Waals surface area contributed by atoms with Crippen molar-refractivity contribution in [3.8, 4) is 0 Å². The number of hydrogen-bond acceptors (Lipinski definition) is 15. The normalized spacial score (nSPS) is 14.4. The number of phosphoric acid groups is 2. The van der Waals surface area contributed by atoms with Crippen LogP contribution in [0.4, 0.5) is 0 Å². The highest BCUT2D eigenvalue weighted by atomic mass is 31.2. The van der Waals surface area contributed by atoms with E-state index >= 15 is 0 Å². The van der Waals surface area contributed by atoms with E-state index in [0.717, 1.165) is 108 Å². The maximum Gasteiger partial charge on any atom is 0.472 e. The topological polar surface area (TPSA) is 237 Å². The molecule has 0 aliphatic carbocycles. The maximum atomic E-state index is 13.1. The predicted molar refractivity (Wildman–Crippen MR) is 428 cm³/mol. The summed E-state index contributed by atoms with van der Waals surface area (Å²) >= 11 is 0. The summed E-state index contributed by atoms with van der Waals surface area (Å²) in [6.45, 7) is 12.1. The summed E-state index contributed by atoms with van der Waals surface area (Å²) in [5.74, 6) is 0.342. The molecule has 0 spiro atoms. The van der Waals surface area contributed by atoms with E-state index in [1.54, 1.807) is 0 Å². The highest BCUT2D eigenvalue weighted by Crippen LogP contribution is 2.45. The van der Waals surface area contributed by atoms with Gasteiger partial charge in [0.1, 0.15) is 19.3 Å². The minimum absolute atomic E-state index is 0.107. The van der Waals surface area contributed by atoms with Gasteiger partial charge in [-0.2, -0.15) is 0 Å². The molecule has 0 radical (unpaired) electrons. The van der Waals surface area contributed by atoms with E-state index in [1.165, 1.54) is 257 Å². The van der Waals surface area contributed by atoms with Crippen LogP contribution in [-0.4, -0.2) is 96.7 Å². The van der Waals surface area contributed by atoms with Gasteiger partial charge in [0.15, 0.2) is 12.2 Å². The second kappa shape index (κ2) is 75.1. The third-order valence-electron chi connectivity index (χ3n) is 20.6. The Morgan fingerprint density at radius 3 is 0.731 bits per heavy atom. The van der Waals surface area contributed by atoms with Crippen molar-refractivity contribution in [2.75, 3.05) is 39.6 Å². The molecule has 0 amide bonds. The molecular formula is C85H166O17P2. The Balaban J connectivity index is 5.23. The first kappa shape index (κ1) is 102. The SMILES string of the molecule is CCCCCCCCCCCCCCCC(=O)O[C@H](COC(=O)CCCCCCCCCCC(C)C)COP(=O)(O)OC[C@H](O)COP(=O)(O)OC[C@@H](COC(=O)CCCCCCCCCCCCCCCCC(C)CC)OC(=O)CCCCCCCCCCCCCCCCCCCCC(C)CC. The van der Waals surface area contributed by atoms with Crippen LogP contribution in [0.15, 0.2) is 0 Å². The van der Waals surface area contributed by atoms with Crippen LogP contribution in [0, 0.1) is 17.8 Å². The van der Waals surface area contributed by atoms with E-state index in [4.69, 9.17) is 37.0 Å². The van der Waals surface area contributed by atoms with Gasteiger partial charge in [-0.05, 0) is 43.4 Å². The summed E-state index contributed by atoms with van der Waals surface area (Å²) in [5, 5.41) is 10.7. The number of aliphatic hydroxyl groups excluding tert-OH is 1. The van der Waals surface area contributed by atoms with Gasteiger partial charge in [0.25, 0.3) is 0 Å². The summed E-state index contributed by atoms with van der Waals surface area (Å²) < 4.78 is 68.8. The summed E-state index contributed by atoms with van der Waals surface area (Å²) in [6.07, 6.45) is 65.2. The highest BCUT2D eigenvalue weighted by molar-refractivity contribution is 7.47. The number of esters is 4. The molecule has 7 atom stereocenters. The number of unbranched alkanes of at least 4 members (excludes halogenated alkanes) is 49. The van der Waals surface area contributed by atoms with Crippen molar-refractivity contribution in [1.29, 1.82) is 0 Å². The molecule has 4 unspecified atom stereocenters. The van der Waals surface area contributed by atoms with Gasteiger partial charge in [0, 0.05) is 25.7 Å². The average molecular weight is 1520 g/mol. The monoisotopic (exact) mass is 1520 g/mol. The van der Waals surface area contributed by atoms with Crippen LogP contribution in [0.2, 0.25) is 0 Å². The van der Waals surface area contributed by atoms with Crippen LogP contribution in [0.3, 0.4) is 0 Å². The van der Waals surface area contributed by atoms with Gasteiger partial charge < -0.3 is 33.8 Å². The van der Waals surface area contributed by atoms with E-state index in [2.05, 4.69) is 48.5 Å². The van der Waals surface area contributed by atoms with Gasteiger partial charge in [-0.1, -0.05) is 395 Å². The first-order valence-corrected chi connectivity index (χ1v) is 46.9. The Bertz CT molecular complexity index is 2010. The maximum absolute atomic E-state index is 13.1. The second-order valence-electron chi connectivity index (χ2n) is 31.5. The fraction of sp³-hybridized carbons (Fsp3) is 0.953. The zero-order valence-electron chi connectivity index (χ0n) is 68.5. The molecule has 3 N–H and O–H groups in total. The number of rotatable bonds is 83. The molecule has 0 aromatic carbocycles. The molecule has 618 valence electrons. The van der Waals surface area contributed by atoms with E-state index < -0.39 is 97.5 Å². The number of ether oxygens (including phenoxy) is 4. The quantitative estimate of drug-likeness (QED) is 0.0222. The third kappa shape index (κ3) is 75.5. The van der Waals surface area contributed by atoms with Gasteiger partial charge in [-0.3, -0.25) is 37.3 Å². The number of carbonyl (C=O) groups excluding carboxylic acids is 4. The largest absolute Gasteiger partial charge is 0.472 e. The molecular weight excluding hydrogens is 1350 g/mol. The molecule has 19 heteroatoms. The fourth-order valence-electron chi connectivity index (χ4n) is 13.1. The van der Waals surface area contributed by atoms with E-state index in [1.807, 2.05) is 0 Å². The van der Waals surface area contributed by atoms with Crippen LogP contribution in [0.25, 0.3) is 0 Å². The Kier molecular flexibility index (Phi) is 73.7. The van der Waals surface area contributed by atoms with Gasteiger partial charge in [-0.15, -0.1) is 0 Å². The van der Waals surface area contributed by atoms with E-state index in [9.17, 15) is 43.2 Å². The Morgan fingerprint density at radius 2 is 0.490 bits per heavy atom. The van der Waals surface area contributed by atoms with Gasteiger partial charge >= 0.3 is 39.5 Å². The summed E-state index contributed by atoms with van der Waals surface area (Å²) in [5.41, 5.74) is 0. The van der Waals surface area contributed by atoms with Crippen LogP contribution >= 0.6 is 15.6 Å². The number of phosphoric ester groups is 2. The number of aliphatic hydroxyl groups is 1. The average Bonchev–Trinajstić information content (AvgIpc) is 0.916. The molecule has 0 aromatic rings. The van der Waals surface area contributed by atoms with E-state index in [0.29, 0.717) is 25.7 Å². The lowest BCUT2D eigenvalue weighted by atomic mass is 9.99. The van der Waals surface area contributed by atoms with Gasteiger partial charge in [0.05, 0.1) is 26.4 Å². The molecule has 0 saturated heterocycles. The standard InChI is InChI=1S/C85H166O17P2/c1-8-11-12-13-14-15-16-25-33-38-47-54-61-68-84(89)102-81(73-96-83(88)67-60-53-46-41-40-42-49-56-63-76(4)5)75-100-104(93,94)98-71-79(86)70-97-103(91,92)99-74-80(72-95-82(87)66-59-52-45-37-32-28-24-23-27-31-36-44-51-58-65-78(7)10-3)101-85(90)69-62-55-48-39-34-29-22-20-18-17-19-21-26-30-35-43-50-57-64-77(6)9-2/h76-81,86H,8-75H2,1-7H3,(H,91,92)(H,93,94)/t77?,78?,79-,80-,81-/m1/s1. The summed E-state index contributed by atoms with van der Waals surface area (Å²) in [7, 11) is -9.93. The number of hydrogen-bond donors (Lipinski definition) is 3. The summed E-state index contributed by atoms with van der Waals surface area (Å²) in [4.78, 5) is 73.2. The molecule has 0 fully saturated rings. The minimum Gasteiger partial charge on any atom is -0.462 e. The lowest BCUT2D eigenvalue weighted by molar-refractivity contribution is -0.161. The summed E-state index contributed by atoms with van der Waals surface area (Å²) in [6, 6.07) is 0. The van der Waals surface area contributed by atoms with Crippen molar-refractivity contribution in [3.63, 3.8) is 0 Å². The Hall–Kier alpha value is -1.94. The highest BCUT2D eigenvalue weighted by Gasteiger charge is 2.30. The van der Waals surface area contributed by atoms with Gasteiger partial charge in [-0.25, -0.2) is 9.13 Å². The van der Waals surface area contributed by atoms with Crippen molar-refractivity contribution < 1.29 is 80.2 Å². The van der Waals surface area contributed by atoms with Gasteiger partial charge in [0.2, 0.25) is 0 Å². The van der Waals surface area contributed by atoms with Crippen molar-refractivity contribution >= 4 is 39.5 Å². The van der Waals surface area contributed by atoms with Crippen LogP contribution < -0.4 is 0 Å². The minimum atomic E-state index is -4.97. The van der Waals surface area contributed by atoms with Crippen LogP contribution in [0.5, 0.6) is 0 Å². The first-order valence-electron chi connectivity index (χ1n) is 43.9. The molecule has 0 aliphatic rings. The molecule has 0 aromatic heterocycles. The van der Waals surface area contributed by atoms with Crippen molar-refractivity contribution in [2.24, 2.45) is 17.8 Å². The zero-order valence-corrected chi connectivity index (χ0v) is 70.3. The number of carbonyl (C=O) groups is 4. The third-order valence-corrected chi connectivity index (χ3v) is 22.5. The molecule has 0 aliphatic heterocycles. The van der Waals surface area contributed by atoms with Crippen molar-refractivity contribution in [2.45, 2.75) is 465 Å².